The number of benzene rings is 5. The van der Waals surface area contributed by atoms with Gasteiger partial charge in [0.25, 0.3) is 0 Å². The van der Waals surface area contributed by atoms with Crippen LogP contribution < -0.4 is 16.2 Å². The number of hydrogen-bond donors (Lipinski definition) is 2. The molecular weight excluding hydrogens is 348 g/mol. The highest BCUT2D eigenvalue weighted by Crippen LogP contribution is 2.43. The highest BCUT2D eigenvalue weighted by Gasteiger charge is 2.17. The van der Waals surface area contributed by atoms with Crippen LogP contribution in [0.5, 0.6) is 5.75 Å². The van der Waals surface area contributed by atoms with Gasteiger partial charge in [0.15, 0.2) is 0 Å². The molecule has 0 saturated heterocycles. The molecule has 0 radical (unpaired) electrons. The summed E-state index contributed by atoms with van der Waals surface area (Å²) in [7, 11) is 0. The predicted molar refractivity (Wildman–Crippen MR) is 115 cm³/mol. The topological polar surface area (TPSA) is 78.3 Å². The van der Waals surface area contributed by atoms with E-state index < -0.39 is 6.17 Å². The molecule has 0 unspecified atom stereocenters. The highest BCUT2D eigenvalue weighted by molar-refractivity contribution is 6.34. The molecule has 0 aromatic heterocycles. The van der Waals surface area contributed by atoms with Gasteiger partial charge >= 0.3 is 5.97 Å². The Bertz CT molecular complexity index is 1340. The van der Waals surface area contributed by atoms with E-state index in [0.717, 1.165) is 21.5 Å². The third-order valence-corrected chi connectivity index (χ3v) is 5.38. The molecule has 0 spiro atoms. The van der Waals surface area contributed by atoms with Gasteiger partial charge in [-0.3, -0.25) is 4.79 Å². The summed E-state index contributed by atoms with van der Waals surface area (Å²) in [6, 6.07) is 22.8. The van der Waals surface area contributed by atoms with E-state index in [9.17, 15) is 4.79 Å². The van der Waals surface area contributed by atoms with Crippen molar-refractivity contribution < 1.29 is 9.53 Å². The fourth-order valence-corrected chi connectivity index (χ4v) is 4.17. The van der Waals surface area contributed by atoms with Gasteiger partial charge in [-0.2, -0.15) is 0 Å². The van der Waals surface area contributed by atoms with Crippen LogP contribution in [0.3, 0.4) is 0 Å². The Morgan fingerprint density at radius 3 is 2.04 bits per heavy atom. The van der Waals surface area contributed by atoms with Gasteiger partial charge in [0.1, 0.15) is 5.75 Å². The van der Waals surface area contributed by atoms with Crippen LogP contribution in [0.4, 0.5) is 0 Å². The van der Waals surface area contributed by atoms with Crippen LogP contribution in [0, 0.1) is 0 Å². The normalized spacial score (nSPS) is 12.0. The van der Waals surface area contributed by atoms with Crippen molar-refractivity contribution in [2.24, 2.45) is 11.5 Å². The number of hydrogen-bond acceptors (Lipinski definition) is 4. The first-order chi connectivity index (χ1) is 13.6. The van der Waals surface area contributed by atoms with Crippen molar-refractivity contribution in [3.05, 3.63) is 66.7 Å². The van der Waals surface area contributed by atoms with Crippen molar-refractivity contribution in [3.8, 4) is 5.75 Å². The molecular formula is C24H20N2O2. The molecule has 4 heteroatoms. The summed E-state index contributed by atoms with van der Waals surface area (Å²) in [6.45, 7) is 0. The van der Waals surface area contributed by atoms with E-state index in [1.54, 1.807) is 0 Å². The molecule has 0 heterocycles. The maximum absolute atomic E-state index is 12.4. The average molecular weight is 368 g/mol. The second-order valence-corrected chi connectivity index (χ2v) is 7.23. The van der Waals surface area contributed by atoms with Crippen LogP contribution in [0.15, 0.2) is 66.7 Å². The molecule has 0 aliphatic heterocycles. The average Bonchev–Trinajstić information content (AvgIpc) is 2.71. The highest BCUT2D eigenvalue weighted by atomic mass is 16.5. The van der Waals surface area contributed by atoms with Crippen molar-refractivity contribution in [3.63, 3.8) is 0 Å². The molecule has 5 rings (SSSR count). The van der Waals surface area contributed by atoms with Gasteiger partial charge in [-0.25, -0.2) is 0 Å². The van der Waals surface area contributed by atoms with Crippen LogP contribution in [0.2, 0.25) is 0 Å². The number of ether oxygens (including phenoxy) is 1. The Hall–Kier alpha value is -3.21. The molecule has 0 saturated carbocycles. The minimum atomic E-state index is -0.519. The molecule has 0 bridgehead atoms. The van der Waals surface area contributed by atoms with Gasteiger partial charge < -0.3 is 16.2 Å². The second-order valence-electron chi connectivity index (χ2n) is 7.23. The summed E-state index contributed by atoms with van der Waals surface area (Å²) in [5.41, 5.74) is 11.1. The van der Waals surface area contributed by atoms with E-state index >= 15 is 0 Å². The maximum atomic E-state index is 12.4. The molecule has 0 aliphatic rings. The van der Waals surface area contributed by atoms with E-state index in [-0.39, 0.29) is 12.4 Å². The summed E-state index contributed by atoms with van der Waals surface area (Å²) in [5, 5.41) is 9.06. The summed E-state index contributed by atoms with van der Waals surface area (Å²) in [6.07, 6.45) is 0.0675. The van der Waals surface area contributed by atoms with E-state index in [4.69, 9.17) is 16.2 Å². The first-order valence-corrected chi connectivity index (χ1v) is 9.43. The molecule has 0 aliphatic carbocycles. The second kappa shape index (κ2) is 6.44. The number of esters is 1. The monoisotopic (exact) mass is 368 g/mol. The lowest BCUT2D eigenvalue weighted by molar-refractivity contribution is -0.134. The van der Waals surface area contributed by atoms with Crippen LogP contribution in [-0.4, -0.2) is 12.1 Å². The van der Waals surface area contributed by atoms with E-state index in [2.05, 4.69) is 48.5 Å². The van der Waals surface area contributed by atoms with E-state index in [0.29, 0.717) is 12.2 Å². The van der Waals surface area contributed by atoms with Crippen LogP contribution in [0.25, 0.3) is 43.1 Å². The summed E-state index contributed by atoms with van der Waals surface area (Å²) in [5.74, 6) is 0.262. The summed E-state index contributed by atoms with van der Waals surface area (Å²) < 4.78 is 5.78. The zero-order chi connectivity index (χ0) is 19.3. The quantitative estimate of drug-likeness (QED) is 0.159. The zero-order valence-corrected chi connectivity index (χ0v) is 15.3. The number of carbonyl (C=O) groups is 1. The predicted octanol–water partition coefficient (Wildman–Crippen LogP) is 4.67. The Morgan fingerprint density at radius 2 is 1.36 bits per heavy atom. The Balaban J connectivity index is 1.83. The maximum Gasteiger partial charge on any atom is 0.311 e. The van der Waals surface area contributed by atoms with Crippen LogP contribution in [-0.2, 0) is 4.79 Å². The van der Waals surface area contributed by atoms with Crippen LogP contribution in [0.1, 0.15) is 12.8 Å². The Morgan fingerprint density at radius 1 is 0.750 bits per heavy atom. The van der Waals surface area contributed by atoms with Crippen LogP contribution >= 0.6 is 0 Å². The van der Waals surface area contributed by atoms with Crippen molar-refractivity contribution >= 4 is 49.1 Å². The lowest BCUT2D eigenvalue weighted by atomic mass is 9.89. The minimum Gasteiger partial charge on any atom is -0.426 e. The molecule has 4 nitrogen and oxygen atoms in total. The molecule has 0 amide bonds. The summed E-state index contributed by atoms with van der Waals surface area (Å²) >= 11 is 0. The largest absolute Gasteiger partial charge is 0.426 e. The molecule has 28 heavy (non-hydrogen) atoms. The molecule has 138 valence electrons. The molecule has 4 N–H and O–H groups in total. The lowest BCUT2D eigenvalue weighted by Gasteiger charge is -2.17. The van der Waals surface area contributed by atoms with Gasteiger partial charge in [-0.15, -0.1) is 0 Å². The van der Waals surface area contributed by atoms with Crippen molar-refractivity contribution in [2.45, 2.75) is 19.0 Å². The van der Waals surface area contributed by atoms with Gasteiger partial charge in [0.2, 0.25) is 0 Å². The van der Waals surface area contributed by atoms with Gasteiger partial charge in [-0.1, -0.05) is 60.7 Å². The van der Waals surface area contributed by atoms with Gasteiger partial charge in [0, 0.05) is 17.2 Å². The Labute approximate surface area is 162 Å². The molecule has 5 aromatic carbocycles. The first kappa shape index (κ1) is 16.9. The first-order valence-electron chi connectivity index (χ1n) is 9.43. The third kappa shape index (κ3) is 2.58. The number of fused-ring (bicyclic) bond motifs is 2. The van der Waals surface area contributed by atoms with Crippen molar-refractivity contribution in [1.82, 2.24) is 0 Å². The van der Waals surface area contributed by atoms with E-state index in [1.165, 1.54) is 21.5 Å². The van der Waals surface area contributed by atoms with Gasteiger partial charge in [-0.05, 0) is 44.8 Å². The molecule has 0 atom stereocenters. The third-order valence-electron chi connectivity index (χ3n) is 5.38. The van der Waals surface area contributed by atoms with E-state index in [1.807, 2.05) is 18.2 Å². The fourth-order valence-electron chi connectivity index (χ4n) is 4.17. The molecule has 5 aromatic rings. The lowest BCUT2D eigenvalue weighted by Crippen LogP contribution is -2.31. The minimum absolute atomic E-state index is 0.192. The van der Waals surface area contributed by atoms with Crippen molar-refractivity contribution in [1.29, 1.82) is 0 Å². The van der Waals surface area contributed by atoms with Gasteiger partial charge in [0.05, 0.1) is 6.17 Å². The number of rotatable bonds is 4. The zero-order valence-electron chi connectivity index (χ0n) is 15.3. The standard InChI is InChI=1S/C24H20N2O2/c25-20(26)12-13-21(27)28-19-11-10-15-6-2-8-17-16-7-1-4-14-5-3-9-18(22(14)16)24(19)23(15)17/h1-11,20H,12-13,25-26H2. The summed E-state index contributed by atoms with van der Waals surface area (Å²) in [4.78, 5) is 12.4. The molecule has 0 fully saturated rings. The fraction of sp³-hybridized carbons (Fsp3) is 0.125. The number of nitrogens with two attached hydrogens (primary N) is 2. The SMILES string of the molecule is NC(N)CCC(=O)Oc1ccc2cccc3c4cccc5cccc(c1c23)c54. The Kier molecular flexibility index (Phi) is 3.90. The van der Waals surface area contributed by atoms with Crippen molar-refractivity contribution in [2.75, 3.05) is 0 Å². The number of carbonyl (C=O) groups excluding carboxylic acids is 1. The smallest absolute Gasteiger partial charge is 0.311 e.